The Morgan fingerprint density at radius 1 is 1.26 bits per heavy atom. The zero-order chi connectivity index (χ0) is 16.9. The molecule has 8 heteroatoms. The van der Waals surface area contributed by atoms with E-state index in [0.717, 1.165) is 0 Å². The summed E-state index contributed by atoms with van der Waals surface area (Å²) >= 11 is 0. The molecule has 2 aliphatic rings. The molecule has 1 heterocycles. The van der Waals surface area contributed by atoms with Crippen molar-refractivity contribution in [3.63, 3.8) is 0 Å². The van der Waals surface area contributed by atoms with Crippen molar-refractivity contribution in [3.8, 4) is 0 Å². The third kappa shape index (κ3) is 2.37. The first kappa shape index (κ1) is 15.8. The Morgan fingerprint density at radius 3 is 2.57 bits per heavy atom. The summed E-state index contributed by atoms with van der Waals surface area (Å²) in [6.07, 6.45) is -4.26. The van der Waals surface area contributed by atoms with Crippen LogP contribution in [0.3, 0.4) is 0 Å². The molecule has 5 nitrogen and oxygen atoms in total. The molecule has 0 bridgehead atoms. The van der Waals surface area contributed by atoms with E-state index in [1.807, 2.05) is 0 Å². The molecular formula is C15H16F3N3O2. The largest absolute Gasteiger partial charge is 0.396 e. The van der Waals surface area contributed by atoms with Gasteiger partial charge in [-0.2, -0.15) is 13.2 Å². The number of nitrogens with two attached hydrogens (primary N) is 1. The van der Waals surface area contributed by atoms with Crippen molar-refractivity contribution >= 4 is 11.8 Å². The molecule has 1 saturated carbocycles. The van der Waals surface area contributed by atoms with Crippen molar-refractivity contribution < 1.29 is 22.8 Å². The van der Waals surface area contributed by atoms with E-state index in [9.17, 15) is 22.8 Å². The van der Waals surface area contributed by atoms with E-state index in [1.165, 1.54) is 24.3 Å². The van der Waals surface area contributed by atoms with Crippen LogP contribution >= 0.6 is 0 Å². The number of rotatable bonds is 4. The molecule has 2 amide bonds. The Balaban J connectivity index is 1.69. The van der Waals surface area contributed by atoms with E-state index in [2.05, 4.69) is 10.6 Å². The van der Waals surface area contributed by atoms with Crippen molar-refractivity contribution in [2.75, 3.05) is 19.6 Å². The zero-order valence-electron chi connectivity index (χ0n) is 12.2. The average molecular weight is 327 g/mol. The van der Waals surface area contributed by atoms with Crippen molar-refractivity contribution in [3.05, 3.63) is 35.4 Å². The van der Waals surface area contributed by atoms with Crippen LogP contribution in [0.5, 0.6) is 0 Å². The van der Waals surface area contributed by atoms with E-state index in [-0.39, 0.29) is 37.2 Å². The van der Waals surface area contributed by atoms with E-state index >= 15 is 0 Å². The molecule has 1 aromatic rings. The van der Waals surface area contributed by atoms with Crippen LogP contribution in [0.25, 0.3) is 0 Å². The summed E-state index contributed by atoms with van der Waals surface area (Å²) in [5.41, 5.74) is 2.81. The maximum atomic E-state index is 13.2. The molecule has 23 heavy (non-hydrogen) atoms. The van der Waals surface area contributed by atoms with Gasteiger partial charge in [-0.05, 0) is 24.6 Å². The van der Waals surface area contributed by atoms with Crippen LogP contribution in [0, 0.1) is 10.8 Å². The number of fused-ring (bicyclic) bond motifs is 1. The fourth-order valence-electron chi connectivity index (χ4n) is 3.49. The summed E-state index contributed by atoms with van der Waals surface area (Å²) in [7, 11) is 0. The standard InChI is InChI=1S/C15H16F3N3O2/c16-15(17,18)14-5-13(14,6-20-8-14)7-21-12(23)10-3-1-2-9(4-10)11(19)22/h1-4,20H,5-8H2,(H2,19,22)(H,21,23)/t13-,14-/m1/s1. The Bertz CT molecular complexity index is 676. The maximum Gasteiger partial charge on any atom is 0.396 e. The second kappa shape index (κ2) is 4.95. The fraction of sp³-hybridized carbons (Fsp3) is 0.467. The van der Waals surface area contributed by atoms with Gasteiger partial charge in [0.05, 0.1) is 5.41 Å². The number of primary amides is 1. The Labute approximate surface area is 130 Å². The Morgan fingerprint density at radius 2 is 1.96 bits per heavy atom. The number of hydrogen-bond donors (Lipinski definition) is 3. The fourth-order valence-corrected chi connectivity index (χ4v) is 3.49. The number of benzene rings is 1. The lowest BCUT2D eigenvalue weighted by Crippen LogP contribution is -2.37. The van der Waals surface area contributed by atoms with Gasteiger partial charge in [-0.15, -0.1) is 0 Å². The van der Waals surface area contributed by atoms with Gasteiger partial charge in [-0.3, -0.25) is 9.59 Å². The number of piperidine rings is 1. The van der Waals surface area contributed by atoms with Gasteiger partial charge in [0.25, 0.3) is 5.91 Å². The van der Waals surface area contributed by atoms with Crippen molar-refractivity contribution in [2.24, 2.45) is 16.6 Å². The van der Waals surface area contributed by atoms with Crippen molar-refractivity contribution in [1.82, 2.24) is 10.6 Å². The maximum absolute atomic E-state index is 13.2. The van der Waals surface area contributed by atoms with Gasteiger partial charge in [-0.25, -0.2) is 0 Å². The van der Waals surface area contributed by atoms with Gasteiger partial charge in [0, 0.05) is 36.2 Å². The molecule has 1 aromatic carbocycles. The second-order valence-corrected chi connectivity index (χ2v) is 6.27. The number of amides is 2. The van der Waals surface area contributed by atoms with Crippen LogP contribution in [0.4, 0.5) is 13.2 Å². The van der Waals surface area contributed by atoms with E-state index in [4.69, 9.17) is 5.73 Å². The molecular weight excluding hydrogens is 311 g/mol. The van der Waals surface area contributed by atoms with E-state index in [1.54, 1.807) is 0 Å². The van der Waals surface area contributed by atoms with Gasteiger partial charge in [0.2, 0.25) is 5.91 Å². The first-order valence-electron chi connectivity index (χ1n) is 7.16. The summed E-state index contributed by atoms with van der Waals surface area (Å²) in [6, 6.07) is 5.78. The monoisotopic (exact) mass is 327 g/mol. The zero-order valence-corrected chi connectivity index (χ0v) is 12.2. The molecule has 124 valence electrons. The smallest absolute Gasteiger partial charge is 0.366 e. The SMILES string of the molecule is NC(=O)c1cccc(C(=O)NC[C@@]23CNC[C@]2(C(F)(F)F)C3)c1. The molecule has 0 unspecified atom stereocenters. The molecule has 0 spiro atoms. The summed E-state index contributed by atoms with van der Waals surface area (Å²) in [6.45, 7) is 0.0663. The quantitative estimate of drug-likeness (QED) is 0.773. The number of hydrogen-bond acceptors (Lipinski definition) is 3. The number of halogens is 3. The topological polar surface area (TPSA) is 84.2 Å². The van der Waals surface area contributed by atoms with Crippen LogP contribution in [-0.4, -0.2) is 37.6 Å². The van der Waals surface area contributed by atoms with Crippen LogP contribution in [0.2, 0.25) is 0 Å². The normalized spacial score (nSPS) is 29.0. The first-order valence-corrected chi connectivity index (χ1v) is 7.16. The molecule has 0 radical (unpaired) electrons. The lowest BCUT2D eigenvalue weighted by molar-refractivity contribution is -0.190. The highest BCUT2D eigenvalue weighted by Crippen LogP contribution is 2.72. The predicted molar refractivity (Wildman–Crippen MR) is 75.7 cm³/mol. The number of alkyl halides is 3. The minimum Gasteiger partial charge on any atom is -0.366 e. The van der Waals surface area contributed by atoms with Gasteiger partial charge in [0.15, 0.2) is 0 Å². The second-order valence-electron chi connectivity index (χ2n) is 6.27. The molecule has 2 fully saturated rings. The van der Waals surface area contributed by atoms with Crippen molar-refractivity contribution in [1.29, 1.82) is 0 Å². The molecule has 4 N–H and O–H groups in total. The lowest BCUT2D eigenvalue weighted by atomic mass is 9.95. The van der Waals surface area contributed by atoms with E-state index in [0.29, 0.717) is 0 Å². The van der Waals surface area contributed by atoms with Crippen LogP contribution in [-0.2, 0) is 0 Å². The first-order chi connectivity index (χ1) is 10.7. The predicted octanol–water partition coefficient (Wildman–Crippen LogP) is 1.06. The highest BCUT2D eigenvalue weighted by Gasteiger charge is 2.81. The molecule has 2 atom stereocenters. The third-order valence-electron chi connectivity index (χ3n) is 4.96. The third-order valence-corrected chi connectivity index (χ3v) is 4.96. The molecule has 0 aromatic heterocycles. The minimum absolute atomic E-state index is 0.0259. The van der Waals surface area contributed by atoms with Crippen molar-refractivity contribution in [2.45, 2.75) is 12.6 Å². The molecule has 1 aliphatic heterocycles. The minimum atomic E-state index is -4.28. The summed E-state index contributed by atoms with van der Waals surface area (Å²) in [4.78, 5) is 23.2. The van der Waals surface area contributed by atoms with Crippen LogP contribution in [0.1, 0.15) is 27.1 Å². The number of carbonyl (C=O) groups is 2. The molecule has 3 rings (SSSR count). The van der Waals surface area contributed by atoms with Gasteiger partial charge >= 0.3 is 6.18 Å². The average Bonchev–Trinajstić information content (AvgIpc) is 3.01. The highest BCUT2D eigenvalue weighted by atomic mass is 19.4. The number of nitrogens with one attached hydrogen (secondary N) is 2. The molecule has 1 saturated heterocycles. The van der Waals surface area contributed by atoms with Gasteiger partial charge in [-0.1, -0.05) is 6.07 Å². The highest BCUT2D eigenvalue weighted by molar-refractivity contribution is 5.99. The Hall–Kier alpha value is -2.09. The number of carbonyl (C=O) groups excluding carboxylic acids is 2. The van der Waals surface area contributed by atoms with Crippen LogP contribution in [0.15, 0.2) is 24.3 Å². The van der Waals surface area contributed by atoms with Gasteiger partial charge < -0.3 is 16.4 Å². The van der Waals surface area contributed by atoms with E-state index < -0.39 is 28.8 Å². The Kier molecular flexibility index (Phi) is 3.40. The molecule has 1 aliphatic carbocycles. The summed E-state index contributed by atoms with van der Waals surface area (Å²) < 4.78 is 39.6. The lowest BCUT2D eigenvalue weighted by Gasteiger charge is -2.20. The summed E-state index contributed by atoms with van der Waals surface area (Å²) in [5, 5.41) is 5.32. The van der Waals surface area contributed by atoms with Crippen LogP contribution < -0.4 is 16.4 Å². The van der Waals surface area contributed by atoms with Gasteiger partial charge in [0.1, 0.15) is 0 Å². The summed E-state index contributed by atoms with van der Waals surface area (Å²) in [5.74, 6) is -1.19.